The maximum Gasteiger partial charge on any atom is 0.248 e. The van der Waals surface area contributed by atoms with Gasteiger partial charge in [-0.25, -0.2) is 0 Å². The zero-order chi connectivity index (χ0) is 10.7. The second-order valence-corrected chi connectivity index (χ2v) is 3.10. The summed E-state index contributed by atoms with van der Waals surface area (Å²) in [5.41, 5.74) is 5.80. The molecule has 0 aliphatic rings. The van der Waals surface area contributed by atoms with Crippen molar-refractivity contribution in [2.24, 2.45) is 5.73 Å². The summed E-state index contributed by atoms with van der Waals surface area (Å²) in [6.07, 6.45) is 0. The van der Waals surface area contributed by atoms with Gasteiger partial charge in [0, 0.05) is 11.1 Å². The molecule has 0 aliphatic heterocycles. The molecule has 0 heterocycles. The Morgan fingerprint density at radius 3 is 2.64 bits per heavy atom. The second kappa shape index (κ2) is 4.15. The van der Waals surface area contributed by atoms with E-state index in [1.54, 1.807) is 18.2 Å². The van der Waals surface area contributed by atoms with E-state index in [1.165, 1.54) is 7.11 Å². The van der Waals surface area contributed by atoms with E-state index in [0.717, 1.165) is 0 Å². The predicted molar refractivity (Wildman–Crippen MR) is 56.2 cm³/mol. The third-order valence-electron chi connectivity index (χ3n) is 1.80. The molecule has 0 atom stereocenters. The molecule has 2 N–H and O–H groups in total. The van der Waals surface area contributed by atoms with Crippen molar-refractivity contribution in [3.05, 3.63) is 35.4 Å². The molecule has 1 amide bonds. The molecule has 3 nitrogen and oxygen atoms in total. The SMILES string of the molecule is C=C(C(N)=O)c1ccc(OC)cc1Cl. The first-order chi connectivity index (χ1) is 6.56. The summed E-state index contributed by atoms with van der Waals surface area (Å²) >= 11 is 5.90. The van der Waals surface area contributed by atoms with Gasteiger partial charge in [0.25, 0.3) is 0 Å². The normalized spacial score (nSPS) is 9.57. The molecule has 0 spiro atoms. The smallest absolute Gasteiger partial charge is 0.248 e. The summed E-state index contributed by atoms with van der Waals surface area (Å²) in [6.45, 7) is 3.54. The van der Waals surface area contributed by atoms with Crippen LogP contribution in [0.2, 0.25) is 5.02 Å². The van der Waals surface area contributed by atoms with Crippen molar-refractivity contribution in [3.8, 4) is 5.75 Å². The summed E-state index contributed by atoms with van der Waals surface area (Å²) in [7, 11) is 1.54. The van der Waals surface area contributed by atoms with Crippen LogP contribution in [0.3, 0.4) is 0 Å². The molecule has 1 aromatic rings. The number of rotatable bonds is 3. The fraction of sp³-hybridized carbons (Fsp3) is 0.100. The average Bonchev–Trinajstić information content (AvgIpc) is 2.16. The van der Waals surface area contributed by atoms with Gasteiger partial charge >= 0.3 is 0 Å². The summed E-state index contributed by atoms with van der Waals surface area (Å²) in [6, 6.07) is 4.94. The molecule has 0 radical (unpaired) electrons. The summed E-state index contributed by atoms with van der Waals surface area (Å²) in [4.78, 5) is 10.8. The number of carbonyl (C=O) groups is 1. The monoisotopic (exact) mass is 211 g/mol. The molecule has 0 saturated carbocycles. The number of ether oxygens (including phenoxy) is 1. The van der Waals surface area contributed by atoms with Crippen LogP contribution < -0.4 is 10.5 Å². The van der Waals surface area contributed by atoms with Gasteiger partial charge in [-0.3, -0.25) is 4.79 Å². The predicted octanol–water partition coefficient (Wildman–Crippen LogP) is 1.85. The van der Waals surface area contributed by atoms with E-state index in [2.05, 4.69) is 6.58 Å². The van der Waals surface area contributed by atoms with E-state index in [-0.39, 0.29) is 5.57 Å². The number of primary amides is 1. The Morgan fingerprint density at radius 1 is 1.57 bits per heavy atom. The summed E-state index contributed by atoms with van der Waals surface area (Å²) < 4.78 is 4.96. The highest BCUT2D eigenvalue weighted by molar-refractivity contribution is 6.34. The molecular weight excluding hydrogens is 202 g/mol. The number of nitrogens with two attached hydrogens (primary N) is 1. The van der Waals surface area contributed by atoms with E-state index in [9.17, 15) is 4.79 Å². The molecule has 0 saturated heterocycles. The fourth-order valence-corrected chi connectivity index (χ4v) is 1.28. The van der Waals surface area contributed by atoms with E-state index < -0.39 is 5.91 Å². The Bertz CT molecular complexity index is 388. The number of amides is 1. The van der Waals surface area contributed by atoms with Crippen molar-refractivity contribution < 1.29 is 9.53 Å². The van der Waals surface area contributed by atoms with Crippen molar-refractivity contribution in [1.29, 1.82) is 0 Å². The van der Waals surface area contributed by atoms with Gasteiger partial charge in [-0.1, -0.05) is 18.2 Å². The van der Waals surface area contributed by atoms with Crippen LogP contribution in [0.5, 0.6) is 5.75 Å². The Balaban J connectivity index is 3.12. The van der Waals surface area contributed by atoms with Crippen molar-refractivity contribution in [2.75, 3.05) is 7.11 Å². The lowest BCUT2D eigenvalue weighted by Crippen LogP contribution is -2.12. The van der Waals surface area contributed by atoms with Crippen LogP contribution in [0.4, 0.5) is 0 Å². The van der Waals surface area contributed by atoms with Gasteiger partial charge in [-0.15, -0.1) is 0 Å². The van der Waals surface area contributed by atoms with Gasteiger partial charge < -0.3 is 10.5 Å². The van der Waals surface area contributed by atoms with Crippen LogP contribution in [0, 0.1) is 0 Å². The van der Waals surface area contributed by atoms with Gasteiger partial charge in [0.15, 0.2) is 0 Å². The lowest BCUT2D eigenvalue weighted by molar-refractivity contribution is -0.112. The number of hydrogen-bond acceptors (Lipinski definition) is 2. The van der Waals surface area contributed by atoms with Crippen molar-refractivity contribution >= 4 is 23.1 Å². The molecule has 1 aromatic carbocycles. The first-order valence-electron chi connectivity index (χ1n) is 3.89. The molecule has 14 heavy (non-hydrogen) atoms. The third-order valence-corrected chi connectivity index (χ3v) is 2.11. The van der Waals surface area contributed by atoms with Crippen LogP contribution in [-0.4, -0.2) is 13.0 Å². The number of hydrogen-bond donors (Lipinski definition) is 1. The van der Waals surface area contributed by atoms with Crippen LogP contribution >= 0.6 is 11.6 Å². The van der Waals surface area contributed by atoms with Gasteiger partial charge in [0.2, 0.25) is 5.91 Å². The standard InChI is InChI=1S/C10H10ClNO2/c1-6(10(12)13)8-4-3-7(14-2)5-9(8)11/h3-5H,1H2,2H3,(H2,12,13). The summed E-state index contributed by atoms with van der Waals surface area (Å²) in [5.74, 6) is 0.0353. The van der Waals surface area contributed by atoms with Crippen LogP contribution in [0.1, 0.15) is 5.56 Å². The molecule has 4 heteroatoms. The molecule has 74 valence electrons. The largest absolute Gasteiger partial charge is 0.497 e. The van der Waals surface area contributed by atoms with Crippen LogP contribution in [0.15, 0.2) is 24.8 Å². The minimum absolute atomic E-state index is 0.192. The highest BCUT2D eigenvalue weighted by Crippen LogP contribution is 2.26. The lowest BCUT2D eigenvalue weighted by Gasteiger charge is -2.06. The fourth-order valence-electron chi connectivity index (χ4n) is 1.00. The maximum absolute atomic E-state index is 10.8. The molecule has 1 rings (SSSR count). The zero-order valence-corrected chi connectivity index (χ0v) is 8.47. The minimum atomic E-state index is -0.586. The van der Waals surface area contributed by atoms with E-state index in [1.807, 2.05) is 0 Å². The van der Waals surface area contributed by atoms with Crippen molar-refractivity contribution in [1.82, 2.24) is 0 Å². The Labute approximate surface area is 87.1 Å². The van der Waals surface area contributed by atoms with Gasteiger partial charge in [-0.05, 0) is 18.2 Å². The highest BCUT2D eigenvalue weighted by Gasteiger charge is 2.09. The van der Waals surface area contributed by atoms with Gasteiger partial charge in [0.05, 0.1) is 12.1 Å². The Hall–Kier alpha value is -1.48. The third kappa shape index (κ3) is 2.06. The quantitative estimate of drug-likeness (QED) is 0.776. The molecule has 0 aliphatic carbocycles. The zero-order valence-electron chi connectivity index (χ0n) is 7.71. The van der Waals surface area contributed by atoms with Gasteiger partial charge in [0.1, 0.15) is 5.75 Å². The average molecular weight is 212 g/mol. The first-order valence-corrected chi connectivity index (χ1v) is 4.26. The van der Waals surface area contributed by atoms with Gasteiger partial charge in [-0.2, -0.15) is 0 Å². The van der Waals surface area contributed by atoms with Crippen molar-refractivity contribution in [3.63, 3.8) is 0 Å². The van der Waals surface area contributed by atoms with Crippen LogP contribution in [-0.2, 0) is 4.79 Å². The van der Waals surface area contributed by atoms with Crippen molar-refractivity contribution in [2.45, 2.75) is 0 Å². The molecular formula is C10H10ClNO2. The molecule has 0 aromatic heterocycles. The van der Waals surface area contributed by atoms with E-state index in [4.69, 9.17) is 22.1 Å². The maximum atomic E-state index is 10.8. The van der Waals surface area contributed by atoms with Crippen LogP contribution in [0.25, 0.3) is 5.57 Å². The molecule has 0 unspecified atom stereocenters. The number of carbonyl (C=O) groups excluding carboxylic acids is 1. The van der Waals surface area contributed by atoms with E-state index in [0.29, 0.717) is 16.3 Å². The Morgan fingerprint density at radius 2 is 2.21 bits per heavy atom. The van der Waals surface area contributed by atoms with E-state index >= 15 is 0 Å². The number of halogens is 1. The highest BCUT2D eigenvalue weighted by atomic mass is 35.5. The minimum Gasteiger partial charge on any atom is -0.497 e. The molecule has 0 bridgehead atoms. The lowest BCUT2D eigenvalue weighted by atomic mass is 10.1. The topological polar surface area (TPSA) is 52.3 Å². The first kappa shape index (κ1) is 10.6. The molecule has 0 fully saturated rings. The second-order valence-electron chi connectivity index (χ2n) is 2.69. The Kier molecular flexibility index (Phi) is 3.14. The number of methoxy groups -OCH3 is 1. The summed E-state index contributed by atoms with van der Waals surface area (Å²) in [5, 5.41) is 0.396. The number of benzene rings is 1.